The van der Waals surface area contributed by atoms with E-state index in [9.17, 15) is 0 Å². The Morgan fingerprint density at radius 3 is 0.828 bits per heavy atom. The molecule has 674 valence electrons. The fraction of sp³-hybridized carbons (Fsp3) is 0. The van der Waals surface area contributed by atoms with Crippen LogP contribution in [0.3, 0.4) is 0 Å². The van der Waals surface area contributed by atoms with Gasteiger partial charge in [0.1, 0.15) is 0 Å². The van der Waals surface area contributed by atoms with Crippen LogP contribution in [-0.4, -0.2) is 47.3 Å². The highest BCUT2D eigenvalue weighted by molar-refractivity contribution is 7.26. The van der Waals surface area contributed by atoms with Crippen molar-refractivity contribution in [1.29, 1.82) is 0 Å². The lowest BCUT2D eigenvalue weighted by Gasteiger charge is -2.14. The molecule has 0 unspecified atom stereocenters. The molecule has 0 spiro atoms. The van der Waals surface area contributed by atoms with E-state index in [0.29, 0.717) is 11.9 Å². The summed E-state index contributed by atoms with van der Waals surface area (Å²) < 4.78 is 22.2. The van der Waals surface area contributed by atoms with E-state index in [1.165, 1.54) is 191 Å². The zero-order chi connectivity index (χ0) is 94.7. The van der Waals surface area contributed by atoms with Gasteiger partial charge in [0.2, 0.25) is 11.9 Å². The summed E-state index contributed by atoms with van der Waals surface area (Å²) in [6.45, 7) is 0. The maximum atomic E-state index is 5.39. The predicted molar refractivity (Wildman–Crippen MR) is 616 cm³/mol. The molecular weight excluding hydrogens is 1820 g/mol. The molecule has 145 heavy (non-hydrogen) atoms. The Morgan fingerprint density at radius 2 is 0.414 bits per heavy atom. The molecule has 13 heteroatoms. The number of para-hydroxylation sites is 8. The minimum Gasteiger partial charge on any atom is -0.309 e. The van der Waals surface area contributed by atoms with Gasteiger partial charge in [-0.15, -0.1) is 34.0 Å². The summed E-state index contributed by atoms with van der Waals surface area (Å²) in [5.41, 5.74) is 24.4. The van der Waals surface area contributed by atoms with E-state index >= 15 is 0 Å². The molecule has 11 aromatic heterocycles. The van der Waals surface area contributed by atoms with Crippen molar-refractivity contribution in [1.82, 2.24) is 47.3 Å². The number of hydrogen-bond donors (Lipinski definition) is 0. The average molecular weight is 1900 g/mol. The summed E-state index contributed by atoms with van der Waals surface area (Å²) in [4.78, 5) is 21.2. The Kier molecular flexibility index (Phi) is 18.0. The number of hydrogen-bond acceptors (Lipinski definition) is 7. The highest BCUT2D eigenvalue weighted by Crippen LogP contribution is 2.51. The molecular formula is C132H78N10S3. The molecule has 0 aliphatic heterocycles. The van der Waals surface area contributed by atoms with E-state index in [1.54, 1.807) is 0 Å². The summed E-state index contributed by atoms with van der Waals surface area (Å²) in [6.07, 6.45) is 0. The minimum absolute atomic E-state index is 0.664. The van der Waals surface area contributed by atoms with Gasteiger partial charge in [-0.25, -0.2) is 19.9 Å². The van der Waals surface area contributed by atoms with Crippen molar-refractivity contribution >= 4 is 269 Å². The second kappa shape index (κ2) is 32.0. The van der Waals surface area contributed by atoms with Gasteiger partial charge in [-0.2, -0.15) is 0 Å². The van der Waals surface area contributed by atoms with Crippen LogP contribution in [0.25, 0.3) is 292 Å². The highest BCUT2D eigenvalue weighted by Gasteiger charge is 2.29. The maximum Gasteiger partial charge on any atom is 0.235 e. The molecule has 33 aromatic rings. The third kappa shape index (κ3) is 12.5. The summed E-state index contributed by atoms with van der Waals surface area (Å²) >= 11 is 5.61. The first-order valence-electron chi connectivity index (χ1n) is 49.1. The molecule has 33 rings (SSSR count). The molecule has 0 radical (unpaired) electrons. The van der Waals surface area contributed by atoms with Crippen LogP contribution in [-0.2, 0) is 0 Å². The Morgan fingerprint density at radius 1 is 0.145 bits per heavy atom. The SMILES string of the molecule is c1ccc(-c2nc(-n3c4cc5c(cc4c4cc6c7ccccc7n(-c7ccccc7)c6cc43)sc3ccccc35)nc3ccccc23)cc1.c1ccc(-c2nc(-n3c4ccccc4c4cc5c6cc7sc8ccccc8c7cc6n(-c6ccccc6)c5cc43)nc3ccccc23)cc1.c1ccc(-n2c3cc4c(cc3c3cc5c6ccccc6n(-c6cc7ccccc7c7ccccc67)c5cc32)sc2ccccc24)cc1. The lowest BCUT2D eigenvalue weighted by Crippen LogP contribution is -2.03. The molecule has 0 aliphatic carbocycles. The topological polar surface area (TPSA) is 81.1 Å². The Balaban J connectivity index is 0.0000000990. The van der Waals surface area contributed by atoms with Gasteiger partial charge in [-0.05, 0) is 180 Å². The summed E-state index contributed by atoms with van der Waals surface area (Å²) in [6, 6.07) is 171. The molecule has 11 heterocycles. The second-order valence-electron chi connectivity index (χ2n) is 37.8. The van der Waals surface area contributed by atoms with Crippen LogP contribution in [0, 0.1) is 0 Å². The van der Waals surface area contributed by atoms with Crippen molar-refractivity contribution in [2.24, 2.45) is 0 Å². The zero-order valence-corrected chi connectivity index (χ0v) is 80.2. The Bertz CT molecular complexity index is 11300. The predicted octanol–water partition coefficient (Wildman–Crippen LogP) is 36.3. The van der Waals surface area contributed by atoms with E-state index in [1.807, 2.05) is 46.1 Å². The van der Waals surface area contributed by atoms with Crippen LogP contribution in [0.2, 0.25) is 0 Å². The molecule has 22 aromatic carbocycles. The number of thiophene rings is 3. The smallest absolute Gasteiger partial charge is 0.235 e. The van der Waals surface area contributed by atoms with Gasteiger partial charge >= 0.3 is 0 Å². The van der Waals surface area contributed by atoms with Crippen LogP contribution < -0.4 is 0 Å². The van der Waals surface area contributed by atoms with Gasteiger partial charge < -0.3 is 18.3 Å². The molecule has 0 amide bonds. The lowest BCUT2D eigenvalue weighted by molar-refractivity contribution is 1.01. The number of rotatable bonds is 8. The van der Waals surface area contributed by atoms with E-state index in [4.69, 9.17) is 19.9 Å². The van der Waals surface area contributed by atoms with E-state index < -0.39 is 0 Å². The number of nitrogens with zero attached hydrogens (tertiary/aromatic N) is 10. The number of aromatic nitrogens is 10. The molecule has 0 fully saturated rings. The third-order valence-electron chi connectivity index (χ3n) is 29.9. The monoisotopic (exact) mass is 1900 g/mol. The first-order valence-corrected chi connectivity index (χ1v) is 51.6. The molecule has 0 N–H and O–H groups in total. The fourth-order valence-electron chi connectivity index (χ4n) is 23.5. The molecule has 0 saturated heterocycles. The largest absolute Gasteiger partial charge is 0.309 e. The lowest BCUT2D eigenvalue weighted by atomic mass is 10.00. The quantitative estimate of drug-likeness (QED) is 0.142. The van der Waals surface area contributed by atoms with E-state index in [0.717, 1.165) is 88.8 Å². The Hall–Kier alpha value is -18.5. The fourth-order valence-corrected chi connectivity index (χ4v) is 26.9. The molecule has 0 atom stereocenters. The zero-order valence-electron chi connectivity index (χ0n) is 77.7. The summed E-state index contributed by atoms with van der Waals surface area (Å²) in [5.74, 6) is 1.33. The van der Waals surface area contributed by atoms with Crippen molar-refractivity contribution < 1.29 is 0 Å². The van der Waals surface area contributed by atoms with Gasteiger partial charge in [-0.1, -0.05) is 309 Å². The van der Waals surface area contributed by atoms with Crippen LogP contribution in [0.5, 0.6) is 0 Å². The summed E-state index contributed by atoms with van der Waals surface area (Å²) in [7, 11) is 0. The van der Waals surface area contributed by atoms with Gasteiger partial charge in [0, 0.05) is 169 Å². The highest BCUT2D eigenvalue weighted by atomic mass is 32.1. The van der Waals surface area contributed by atoms with Crippen molar-refractivity contribution in [3.05, 3.63) is 473 Å². The standard InChI is InChI=1S/2C44H26N4S.C44H26N2S/c1-3-13-27(14-4-1)43-31-19-7-10-20-36(31)45-44(46-43)48-37-21-11-8-17-29(37)32-23-33-34-25-42-35(30-18-9-12-22-41(30)49-42)24-38(34)47(39(33)26-40(32)48)28-15-5-2-6-16-28;1-3-13-27(14-4-1)43-31-19-7-10-20-36(31)45-44(46-43)48-38-24-35-30-18-9-12-22-41(30)49-42(35)25-34(38)33-23-32-29-17-8-11-21-37(29)47(39(32)26-40(33)48)28-15-5-2-6-16-28;1-2-13-28(14-3-1)45-40-24-37-33-19-9-11-21-43(33)47-44(37)25-36(40)35-23-34-32-18-8-10-20-38(32)46(42(34)26-41(35)45)39-22-27-12-4-5-15-29(27)30-16-6-7-17-31(30)39/h2*1-26H;1-26H. The third-order valence-corrected chi connectivity index (χ3v) is 33.3. The molecule has 0 aliphatic rings. The van der Waals surface area contributed by atoms with E-state index in [2.05, 4.69) is 488 Å². The molecule has 0 saturated carbocycles. The van der Waals surface area contributed by atoms with Crippen LogP contribution in [0.1, 0.15) is 0 Å². The van der Waals surface area contributed by atoms with Crippen molar-refractivity contribution in [3.8, 4) is 57.2 Å². The van der Waals surface area contributed by atoms with Gasteiger partial charge in [0.25, 0.3) is 0 Å². The molecule has 10 nitrogen and oxygen atoms in total. The van der Waals surface area contributed by atoms with Crippen molar-refractivity contribution in [3.63, 3.8) is 0 Å². The van der Waals surface area contributed by atoms with Gasteiger partial charge in [-0.3, -0.25) is 9.13 Å². The second-order valence-corrected chi connectivity index (χ2v) is 41.0. The van der Waals surface area contributed by atoms with Crippen LogP contribution in [0.15, 0.2) is 473 Å². The Labute approximate surface area is 839 Å². The number of benzene rings is 22. The maximum absolute atomic E-state index is 5.39. The van der Waals surface area contributed by atoms with Crippen molar-refractivity contribution in [2.45, 2.75) is 0 Å². The molecule has 0 bridgehead atoms. The van der Waals surface area contributed by atoms with Crippen LogP contribution in [0.4, 0.5) is 0 Å². The normalized spacial score (nSPS) is 12.1. The van der Waals surface area contributed by atoms with E-state index in [-0.39, 0.29) is 0 Å². The summed E-state index contributed by atoms with van der Waals surface area (Å²) in [5, 5.41) is 29.7. The average Bonchev–Trinajstić information content (AvgIpc) is 1.55. The number of fused-ring (bicyclic) bond motifs is 32. The van der Waals surface area contributed by atoms with Crippen LogP contribution >= 0.6 is 34.0 Å². The van der Waals surface area contributed by atoms with Gasteiger partial charge in [0.15, 0.2) is 0 Å². The first kappa shape index (κ1) is 81.3. The minimum atomic E-state index is 0.664. The van der Waals surface area contributed by atoms with Gasteiger partial charge in [0.05, 0.1) is 94.3 Å². The van der Waals surface area contributed by atoms with Crippen molar-refractivity contribution in [2.75, 3.05) is 0 Å². The first-order chi connectivity index (χ1) is 71.9.